The number of nitrogens with one attached hydrogen (secondary N) is 1. The van der Waals surface area contributed by atoms with E-state index in [1.54, 1.807) is 0 Å². The molecule has 0 amide bonds. The first-order valence-corrected chi connectivity index (χ1v) is 7.16. The second kappa shape index (κ2) is 8.39. The zero-order valence-corrected chi connectivity index (χ0v) is 10.3. The van der Waals surface area contributed by atoms with Crippen LogP contribution in [0.3, 0.4) is 0 Å². The largest absolute Gasteiger partial charge is 0.396 e. The monoisotopic (exact) mass is 232 g/mol. The summed E-state index contributed by atoms with van der Waals surface area (Å²) in [5.41, 5.74) is 5.78. The van der Waals surface area contributed by atoms with Gasteiger partial charge in [-0.15, -0.1) is 0 Å². The Morgan fingerprint density at radius 1 is 1.40 bits per heavy atom. The summed E-state index contributed by atoms with van der Waals surface area (Å²) < 4.78 is 0. The van der Waals surface area contributed by atoms with Gasteiger partial charge in [0.25, 0.3) is 0 Å². The van der Waals surface area contributed by atoms with E-state index < -0.39 is 0 Å². The first-order chi connectivity index (χ1) is 7.38. The van der Waals surface area contributed by atoms with Crippen molar-refractivity contribution < 1.29 is 5.11 Å². The topological polar surface area (TPSA) is 58.3 Å². The van der Waals surface area contributed by atoms with Crippen LogP contribution in [-0.4, -0.2) is 42.4 Å². The Morgan fingerprint density at radius 2 is 2.27 bits per heavy atom. The molecule has 1 rings (SSSR count). The Balaban J connectivity index is 2.05. The minimum Gasteiger partial charge on any atom is -0.396 e. The molecule has 15 heavy (non-hydrogen) atoms. The molecule has 3 nitrogen and oxygen atoms in total. The Hall–Kier alpha value is 0.230. The van der Waals surface area contributed by atoms with Crippen LogP contribution in [0.4, 0.5) is 0 Å². The lowest BCUT2D eigenvalue weighted by Gasteiger charge is -2.22. The summed E-state index contributed by atoms with van der Waals surface area (Å²) in [5, 5.41) is 12.2. The first-order valence-electron chi connectivity index (χ1n) is 6.00. The van der Waals surface area contributed by atoms with Gasteiger partial charge in [-0.05, 0) is 49.7 Å². The third-order valence-electron chi connectivity index (χ3n) is 3.03. The van der Waals surface area contributed by atoms with Crippen molar-refractivity contribution in [2.45, 2.75) is 31.7 Å². The molecule has 0 spiro atoms. The van der Waals surface area contributed by atoms with Crippen molar-refractivity contribution in [1.82, 2.24) is 5.32 Å². The van der Waals surface area contributed by atoms with Gasteiger partial charge in [-0.3, -0.25) is 0 Å². The third kappa shape index (κ3) is 5.20. The maximum absolute atomic E-state index is 8.65. The molecule has 1 aliphatic heterocycles. The standard InChI is InChI=1S/C11H24N2OS/c12-8-11(10-4-7-15-9-10)13-5-2-1-3-6-14/h10-11,13-14H,1-9,12H2. The molecule has 2 unspecified atom stereocenters. The lowest BCUT2D eigenvalue weighted by molar-refractivity contribution is 0.281. The Bertz CT molecular complexity index is 152. The molecule has 4 N–H and O–H groups in total. The average molecular weight is 232 g/mol. The summed E-state index contributed by atoms with van der Waals surface area (Å²) in [4.78, 5) is 0. The van der Waals surface area contributed by atoms with E-state index in [2.05, 4.69) is 5.32 Å². The quantitative estimate of drug-likeness (QED) is 0.542. The molecule has 2 atom stereocenters. The fourth-order valence-electron chi connectivity index (χ4n) is 2.01. The van der Waals surface area contributed by atoms with Gasteiger partial charge in [-0.1, -0.05) is 0 Å². The number of hydrogen-bond acceptors (Lipinski definition) is 4. The fraction of sp³-hybridized carbons (Fsp3) is 1.00. The highest BCUT2D eigenvalue weighted by Crippen LogP contribution is 2.25. The van der Waals surface area contributed by atoms with Crippen molar-refractivity contribution in [2.75, 3.05) is 31.2 Å². The second-order valence-electron chi connectivity index (χ2n) is 4.20. The molecule has 0 aromatic rings. The van der Waals surface area contributed by atoms with E-state index in [-0.39, 0.29) is 0 Å². The van der Waals surface area contributed by atoms with Crippen LogP contribution < -0.4 is 11.1 Å². The highest BCUT2D eigenvalue weighted by atomic mass is 32.2. The molecule has 0 aliphatic carbocycles. The van der Waals surface area contributed by atoms with Gasteiger partial charge < -0.3 is 16.2 Å². The maximum Gasteiger partial charge on any atom is 0.0431 e. The lowest BCUT2D eigenvalue weighted by Crippen LogP contribution is -2.42. The summed E-state index contributed by atoms with van der Waals surface area (Å²) in [6.45, 7) is 2.12. The van der Waals surface area contributed by atoms with Crippen LogP contribution in [0.1, 0.15) is 25.7 Å². The maximum atomic E-state index is 8.65. The number of rotatable bonds is 8. The molecule has 1 heterocycles. The van der Waals surface area contributed by atoms with Crippen molar-refractivity contribution in [2.24, 2.45) is 11.7 Å². The van der Waals surface area contributed by atoms with Gasteiger partial charge in [-0.2, -0.15) is 11.8 Å². The third-order valence-corrected chi connectivity index (χ3v) is 4.22. The molecular weight excluding hydrogens is 208 g/mol. The summed E-state index contributed by atoms with van der Waals surface area (Å²) in [6, 6.07) is 0.508. The predicted octanol–water partition coefficient (Wildman–Crippen LogP) is 0.819. The van der Waals surface area contributed by atoms with Gasteiger partial charge in [0.1, 0.15) is 0 Å². The summed E-state index contributed by atoms with van der Waals surface area (Å²) >= 11 is 2.04. The van der Waals surface area contributed by atoms with E-state index in [9.17, 15) is 0 Å². The SMILES string of the molecule is NCC(NCCCCCO)C1CCSC1. The molecule has 4 heteroatoms. The van der Waals surface area contributed by atoms with Gasteiger partial charge in [0.15, 0.2) is 0 Å². The van der Waals surface area contributed by atoms with Crippen molar-refractivity contribution in [1.29, 1.82) is 0 Å². The molecule has 0 bridgehead atoms. The van der Waals surface area contributed by atoms with Crippen LogP contribution in [0.2, 0.25) is 0 Å². The van der Waals surface area contributed by atoms with Crippen molar-refractivity contribution in [3.05, 3.63) is 0 Å². The van der Waals surface area contributed by atoms with Gasteiger partial charge >= 0.3 is 0 Å². The Labute approximate surface area is 97.2 Å². The molecule has 1 fully saturated rings. The van der Waals surface area contributed by atoms with Crippen molar-refractivity contribution in [3.63, 3.8) is 0 Å². The first kappa shape index (κ1) is 13.3. The van der Waals surface area contributed by atoms with E-state index in [0.29, 0.717) is 12.6 Å². The molecule has 0 aromatic heterocycles. The van der Waals surface area contributed by atoms with Crippen LogP contribution >= 0.6 is 11.8 Å². The number of nitrogens with two attached hydrogens (primary N) is 1. The molecule has 0 radical (unpaired) electrons. The number of thioether (sulfide) groups is 1. The highest BCUT2D eigenvalue weighted by molar-refractivity contribution is 7.99. The number of aliphatic hydroxyl groups excluding tert-OH is 1. The Kier molecular flexibility index (Phi) is 7.44. The zero-order valence-electron chi connectivity index (χ0n) is 9.45. The van der Waals surface area contributed by atoms with Crippen LogP contribution in [0, 0.1) is 5.92 Å². The van der Waals surface area contributed by atoms with Gasteiger partial charge in [0.05, 0.1) is 0 Å². The highest BCUT2D eigenvalue weighted by Gasteiger charge is 2.23. The summed E-state index contributed by atoms with van der Waals surface area (Å²) in [6.07, 6.45) is 4.50. The van der Waals surface area contributed by atoms with E-state index in [4.69, 9.17) is 10.8 Å². The van der Waals surface area contributed by atoms with Crippen LogP contribution in [0.15, 0.2) is 0 Å². The molecule has 90 valence electrons. The minimum atomic E-state index is 0.319. The minimum absolute atomic E-state index is 0.319. The Morgan fingerprint density at radius 3 is 2.87 bits per heavy atom. The summed E-state index contributed by atoms with van der Waals surface area (Å²) in [7, 11) is 0. The predicted molar refractivity (Wildman–Crippen MR) is 67.2 cm³/mol. The molecule has 0 aromatic carbocycles. The van der Waals surface area contributed by atoms with Crippen LogP contribution in [-0.2, 0) is 0 Å². The molecular formula is C11H24N2OS. The van der Waals surface area contributed by atoms with E-state index in [0.717, 1.165) is 38.3 Å². The van der Waals surface area contributed by atoms with E-state index in [1.807, 2.05) is 11.8 Å². The smallest absolute Gasteiger partial charge is 0.0431 e. The normalized spacial score (nSPS) is 23.2. The zero-order chi connectivity index (χ0) is 10.9. The fourth-order valence-corrected chi connectivity index (χ4v) is 3.35. The average Bonchev–Trinajstić information content (AvgIpc) is 2.77. The number of hydrogen-bond donors (Lipinski definition) is 3. The van der Waals surface area contributed by atoms with E-state index in [1.165, 1.54) is 17.9 Å². The van der Waals surface area contributed by atoms with Gasteiger partial charge in [0.2, 0.25) is 0 Å². The molecule has 1 aliphatic rings. The van der Waals surface area contributed by atoms with E-state index >= 15 is 0 Å². The van der Waals surface area contributed by atoms with Crippen molar-refractivity contribution >= 4 is 11.8 Å². The molecule has 1 saturated heterocycles. The molecule has 0 saturated carbocycles. The lowest BCUT2D eigenvalue weighted by atomic mass is 9.99. The second-order valence-corrected chi connectivity index (χ2v) is 5.35. The summed E-state index contributed by atoms with van der Waals surface area (Å²) in [5.74, 6) is 3.34. The van der Waals surface area contributed by atoms with Crippen LogP contribution in [0.5, 0.6) is 0 Å². The van der Waals surface area contributed by atoms with Crippen LogP contribution in [0.25, 0.3) is 0 Å². The van der Waals surface area contributed by atoms with Gasteiger partial charge in [0, 0.05) is 19.2 Å². The number of aliphatic hydroxyl groups is 1. The van der Waals surface area contributed by atoms with Crippen molar-refractivity contribution in [3.8, 4) is 0 Å². The van der Waals surface area contributed by atoms with Gasteiger partial charge in [-0.25, -0.2) is 0 Å². The number of unbranched alkanes of at least 4 members (excludes halogenated alkanes) is 2.